The first-order valence-electron chi connectivity index (χ1n) is 8.89. The molecule has 144 valence electrons. The van der Waals surface area contributed by atoms with Gasteiger partial charge in [-0.1, -0.05) is 17.7 Å². The van der Waals surface area contributed by atoms with Gasteiger partial charge in [0.15, 0.2) is 0 Å². The number of benzene rings is 1. The van der Waals surface area contributed by atoms with Crippen LogP contribution < -0.4 is 16.0 Å². The van der Waals surface area contributed by atoms with Gasteiger partial charge in [-0.05, 0) is 19.1 Å². The molecule has 2 aliphatic heterocycles. The third kappa shape index (κ3) is 5.04. The summed E-state index contributed by atoms with van der Waals surface area (Å²) in [5.74, 6) is -0.746. The molecule has 3 N–H and O–H groups in total. The van der Waals surface area contributed by atoms with Crippen molar-refractivity contribution in [1.82, 2.24) is 20.4 Å². The lowest BCUT2D eigenvalue weighted by molar-refractivity contribution is -0.135. The molecule has 1 unspecified atom stereocenters. The van der Waals surface area contributed by atoms with E-state index in [9.17, 15) is 19.2 Å². The lowest BCUT2D eigenvalue weighted by Gasteiger charge is -2.34. The van der Waals surface area contributed by atoms with Crippen molar-refractivity contribution in [2.75, 3.05) is 38.0 Å². The van der Waals surface area contributed by atoms with E-state index >= 15 is 0 Å². The van der Waals surface area contributed by atoms with Crippen LogP contribution in [0.1, 0.15) is 12.0 Å². The van der Waals surface area contributed by atoms with Gasteiger partial charge in [0, 0.05) is 31.9 Å². The molecule has 9 heteroatoms. The minimum atomic E-state index is -0.802. The van der Waals surface area contributed by atoms with Gasteiger partial charge in [-0.25, -0.2) is 4.79 Å². The standard InChI is InChI=1S/C18H23N5O4/c1-12-2-4-13(5-3-12)19-15(24)11-22-6-8-23(9-7-22)16(25)10-14-17(26)21-18(27)20-14/h2-5,14H,6-11H2,1H3,(H,19,24)(H2,20,21,26,27). The maximum atomic E-state index is 12.3. The van der Waals surface area contributed by atoms with Crippen molar-refractivity contribution in [3.63, 3.8) is 0 Å². The third-order valence-corrected chi connectivity index (χ3v) is 4.66. The summed E-state index contributed by atoms with van der Waals surface area (Å²) in [5, 5.41) is 7.40. The van der Waals surface area contributed by atoms with Crippen molar-refractivity contribution in [2.45, 2.75) is 19.4 Å². The van der Waals surface area contributed by atoms with Crippen LogP contribution in [0.25, 0.3) is 0 Å². The van der Waals surface area contributed by atoms with Crippen molar-refractivity contribution < 1.29 is 19.2 Å². The lowest BCUT2D eigenvalue weighted by atomic mass is 10.1. The zero-order valence-electron chi connectivity index (χ0n) is 15.2. The predicted molar refractivity (Wildman–Crippen MR) is 97.9 cm³/mol. The van der Waals surface area contributed by atoms with Gasteiger partial charge < -0.3 is 15.5 Å². The van der Waals surface area contributed by atoms with Gasteiger partial charge in [-0.3, -0.25) is 24.6 Å². The van der Waals surface area contributed by atoms with Gasteiger partial charge in [-0.2, -0.15) is 0 Å². The average Bonchev–Trinajstić information content (AvgIpc) is 2.94. The maximum Gasteiger partial charge on any atom is 0.322 e. The van der Waals surface area contributed by atoms with Crippen LogP contribution in [0.2, 0.25) is 0 Å². The number of hydrogen-bond donors (Lipinski definition) is 3. The molecule has 2 fully saturated rings. The molecular weight excluding hydrogens is 350 g/mol. The van der Waals surface area contributed by atoms with E-state index in [2.05, 4.69) is 16.0 Å². The molecule has 0 saturated carbocycles. The Bertz CT molecular complexity index is 741. The molecule has 2 aliphatic rings. The van der Waals surface area contributed by atoms with Gasteiger partial charge in [0.2, 0.25) is 11.8 Å². The SMILES string of the molecule is Cc1ccc(NC(=O)CN2CCN(C(=O)CC3NC(=O)NC3=O)CC2)cc1. The fourth-order valence-electron chi connectivity index (χ4n) is 3.10. The van der Waals surface area contributed by atoms with E-state index in [1.54, 1.807) is 4.90 Å². The van der Waals surface area contributed by atoms with Crippen LogP contribution in [0.15, 0.2) is 24.3 Å². The highest BCUT2D eigenvalue weighted by Gasteiger charge is 2.33. The van der Waals surface area contributed by atoms with Crippen LogP contribution in [0, 0.1) is 6.92 Å². The summed E-state index contributed by atoms with van der Waals surface area (Å²) in [6, 6.07) is 6.23. The molecule has 1 aromatic carbocycles. The van der Waals surface area contributed by atoms with Crippen molar-refractivity contribution in [3.8, 4) is 0 Å². The summed E-state index contributed by atoms with van der Waals surface area (Å²) in [7, 11) is 0. The van der Waals surface area contributed by atoms with E-state index in [0.717, 1.165) is 11.3 Å². The second-order valence-electron chi connectivity index (χ2n) is 6.79. The van der Waals surface area contributed by atoms with Crippen molar-refractivity contribution >= 4 is 29.4 Å². The van der Waals surface area contributed by atoms with E-state index in [1.165, 1.54) is 0 Å². The molecule has 0 aliphatic carbocycles. The van der Waals surface area contributed by atoms with E-state index < -0.39 is 18.0 Å². The monoisotopic (exact) mass is 373 g/mol. The quantitative estimate of drug-likeness (QED) is 0.613. The van der Waals surface area contributed by atoms with Gasteiger partial charge in [0.05, 0.1) is 13.0 Å². The average molecular weight is 373 g/mol. The summed E-state index contributed by atoms with van der Waals surface area (Å²) in [5.41, 5.74) is 1.89. The molecule has 0 aromatic heterocycles. The number of amides is 5. The van der Waals surface area contributed by atoms with Crippen LogP contribution >= 0.6 is 0 Å². The number of hydrogen-bond acceptors (Lipinski definition) is 5. The molecule has 2 saturated heterocycles. The molecule has 1 aromatic rings. The Balaban J connectivity index is 1.41. The number of aryl methyl sites for hydroxylation is 1. The molecule has 9 nitrogen and oxygen atoms in total. The number of urea groups is 1. The first-order chi connectivity index (χ1) is 12.9. The lowest BCUT2D eigenvalue weighted by Crippen LogP contribution is -2.51. The molecular formula is C18H23N5O4. The van der Waals surface area contributed by atoms with Crippen molar-refractivity contribution in [2.24, 2.45) is 0 Å². The number of anilines is 1. The summed E-state index contributed by atoms with van der Waals surface area (Å²) in [6.45, 7) is 4.38. The largest absolute Gasteiger partial charge is 0.340 e. The Morgan fingerprint density at radius 3 is 2.37 bits per heavy atom. The normalized spacial score (nSPS) is 20.2. The molecule has 0 bridgehead atoms. The zero-order valence-corrected chi connectivity index (χ0v) is 15.2. The minimum Gasteiger partial charge on any atom is -0.340 e. The number of carbonyl (C=O) groups excluding carboxylic acids is 4. The van der Waals surface area contributed by atoms with Gasteiger partial charge in [-0.15, -0.1) is 0 Å². The molecule has 0 spiro atoms. The maximum absolute atomic E-state index is 12.3. The number of nitrogens with zero attached hydrogens (tertiary/aromatic N) is 2. The van der Waals surface area contributed by atoms with Crippen molar-refractivity contribution in [1.29, 1.82) is 0 Å². The van der Waals surface area contributed by atoms with Gasteiger partial charge in [0.1, 0.15) is 6.04 Å². The number of carbonyl (C=O) groups is 4. The smallest absolute Gasteiger partial charge is 0.322 e. The zero-order chi connectivity index (χ0) is 19.4. The van der Waals surface area contributed by atoms with Crippen LogP contribution in [-0.2, 0) is 14.4 Å². The highest BCUT2D eigenvalue weighted by atomic mass is 16.2. The first-order valence-corrected chi connectivity index (χ1v) is 8.89. The van der Waals surface area contributed by atoms with Gasteiger partial charge >= 0.3 is 6.03 Å². The summed E-state index contributed by atoms with van der Waals surface area (Å²) >= 11 is 0. The summed E-state index contributed by atoms with van der Waals surface area (Å²) in [4.78, 5) is 50.7. The van der Waals surface area contributed by atoms with Crippen LogP contribution in [0.3, 0.4) is 0 Å². The van der Waals surface area contributed by atoms with Crippen LogP contribution in [0.4, 0.5) is 10.5 Å². The predicted octanol–water partition coefficient (Wildman–Crippen LogP) is -0.324. The number of nitrogens with one attached hydrogen (secondary N) is 3. The van der Waals surface area contributed by atoms with Crippen LogP contribution in [-0.4, -0.2) is 72.3 Å². The Morgan fingerprint density at radius 1 is 1.11 bits per heavy atom. The molecule has 27 heavy (non-hydrogen) atoms. The van der Waals surface area contributed by atoms with Crippen LogP contribution in [0.5, 0.6) is 0 Å². The fraction of sp³-hybridized carbons (Fsp3) is 0.444. The molecule has 3 rings (SSSR count). The topological polar surface area (TPSA) is 111 Å². The highest BCUT2D eigenvalue weighted by molar-refractivity contribution is 6.05. The molecule has 2 heterocycles. The Labute approximate surface area is 157 Å². The van der Waals surface area contributed by atoms with E-state index in [0.29, 0.717) is 26.2 Å². The van der Waals surface area contributed by atoms with E-state index in [1.807, 2.05) is 36.1 Å². The Kier molecular flexibility index (Phi) is 5.70. The summed E-state index contributed by atoms with van der Waals surface area (Å²) in [6.07, 6.45) is -0.0501. The third-order valence-electron chi connectivity index (χ3n) is 4.66. The van der Waals surface area contributed by atoms with E-state index in [4.69, 9.17) is 0 Å². The second-order valence-corrected chi connectivity index (χ2v) is 6.79. The Hall–Kier alpha value is -2.94. The number of rotatable bonds is 5. The highest BCUT2D eigenvalue weighted by Crippen LogP contribution is 2.10. The van der Waals surface area contributed by atoms with E-state index in [-0.39, 0.29) is 24.8 Å². The molecule has 0 radical (unpaired) electrons. The summed E-state index contributed by atoms with van der Waals surface area (Å²) < 4.78 is 0. The number of imide groups is 1. The molecule has 1 atom stereocenters. The first kappa shape index (κ1) is 18.8. The second kappa shape index (κ2) is 8.17. The fourth-order valence-corrected chi connectivity index (χ4v) is 3.10. The number of piperazine rings is 1. The van der Waals surface area contributed by atoms with Crippen molar-refractivity contribution in [3.05, 3.63) is 29.8 Å². The molecule has 5 amide bonds. The minimum absolute atomic E-state index is 0.0501. The Morgan fingerprint density at radius 2 is 1.78 bits per heavy atom. The van der Waals surface area contributed by atoms with Gasteiger partial charge in [0.25, 0.3) is 5.91 Å².